The summed E-state index contributed by atoms with van der Waals surface area (Å²) in [6.45, 7) is 6.30. The van der Waals surface area contributed by atoms with Gasteiger partial charge < -0.3 is 14.8 Å². The standard InChI is InChI=1S/C24H29N3O3/c1-16(2)14-18-6-8-19(9-7-18)17(3)24(28)25-23-12-13-27(26-23)20-10-11-21(29-4)22(15-20)30-5/h6-13,15-17H,14H2,1-5H3,(H,25,26,28). The molecule has 1 heterocycles. The summed E-state index contributed by atoms with van der Waals surface area (Å²) in [5.74, 6) is 2.00. The van der Waals surface area contributed by atoms with Crippen molar-refractivity contribution in [1.29, 1.82) is 0 Å². The molecule has 3 rings (SSSR count). The minimum atomic E-state index is -0.274. The maximum Gasteiger partial charge on any atom is 0.232 e. The SMILES string of the molecule is COc1ccc(-n2ccc(NC(=O)C(C)c3ccc(CC(C)C)cc3)n2)cc1OC. The number of benzene rings is 2. The molecule has 0 spiro atoms. The van der Waals surface area contributed by atoms with Crippen LogP contribution in [0.25, 0.3) is 5.69 Å². The van der Waals surface area contributed by atoms with Gasteiger partial charge in [-0.2, -0.15) is 5.10 Å². The molecule has 2 aromatic carbocycles. The molecule has 0 fully saturated rings. The average molecular weight is 408 g/mol. The lowest BCUT2D eigenvalue weighted by atomic mass is 9.96. The van der Waals surface area contributed by atoms with E-state index < -0.39 is 0 Å². The summed E-state index contributed by atoms with van der Waals surface area (Å²) in [4.78, 5) is 12.7. The van der Waals surface area contributed by atoms with Crippen molar-refractivity contribution in [3.63, 3.8) is 0 Å². The molecule has 1 atom stereocenters. The Kier molecular flexibility index (Phi) is 6.77. The second-order valence-corrected chi connectivity index (χ2v) is 7.74. The van der Waals surface area contributed by atoms with E-state index in [1.807, 2.05) is 37.3 Å². The van der Waals surface area contributed by atoms with Crippen LogP contribution in [-0.4, -0.2) is 29.9 Å². The number of anilines is 1. The molecule has 0 saturated heterocycles. The Morgan fingerprint density at radius 2 is 1.70 bits per heavy atom. The number of carbonyl (C=O) groups excluding carboxylic acids is 1. The average Bonchev–Trinajstić information content (AvgIpc) is 3.21. The number of rotatable bonds is 8. The van der Waals surface area contributed by atoms with Gasteiger partial charge in [-0.3, -0.25) is 4.79 Å². The number of aromatic nitrogens is 2. The van der Waals surface area contributed by atoms with Crippen LogP contribution in [0.1, 0.15) is 37.8 Å². The predicted octanol–water partition coefficient (Wildman–Crippen LogP) is 4.83. The molecule has 0 aliphatic carbocycles. The quantitative estimate of drug-likeness (QED) is 0.581. The molecular formula is C24H29N3O3. The van der Waals surface area contributed by atoms with E-state index in [1.54, 1.807) is 31.2 Å². The number of hydrogen-bond acceptors (Lipinski definition) is 4. The van der Waals surface area contributed by atoms with Crippen LogP contribution in [0.4, 0.5) is 5.82 Å². The topological polar surface area (TPSA) is 65.4 Å². The van der Waals surface area contributed by atoms with Crippen LogP contribution in [0.3, 0.4) is 0 Å². The van der Waals surface area contributed by atoms with Gasteiger partial charge in [-0.15, -0.1) is 0 Å². The van der Waals surface area contributed by atoms with Gasteiger partial charge in [0.15, 0.2) is 17.3 Å². The monoisotopic (exact) mass is 407 g/mol. The van der Waals surface area contributed by atoms with Gasteiger partial charge in [0.1, 0.15) is 0 Å². The van der Waals surface area contributed by atoms with E-state index in [4.69, 9.17) is 9.47 Å². The maximum atomic E-state index is 12.7. The molecule has 0 radical (unpaired) electrons. The van der Waals surface area contributed by atoms with E-state index in [-0.39, 0.29) is 11.8 Å². The zero-order chi connectivity index (χ0) is 21.7. The van der Waals surface area contributed by atoms with Gasteiger partial charge in [0.05, 0.1) is 25.8 Å². The van der Waals surface area contributed by atoms with Crippen molar-refractivity contribution in [2.24, 2.45) is 5.92 Å². The van der Waals surface area contributed by atoms with E-state index in [2.05, 4.69) is 36.4 Å². The Morgan fingerprint density at radius 3 is 2.33 bits per heavy atom. The Balaban J connectivity index is 1.68. The third kappa shape index (κ3) is 5.00. The van der Waals surface area contributed by atoms with Gasteiger partial charge in [-0.1, -0.05) is 38.1 Å². The van der Waals surface area contributed by atoms with Crippen molar-refractivity contribution in [2.45, 2.75) is 33.1 Å². The second kappa shape index (κ2) is 9.48. The van der Waals surface area contributed by atoms with Gasteiger partial charge in [0.25, 0.3) is 0 Å². The predicted molar refractivity (Wildman–Crippen MR) is 119 cm³/mol. The van der Waals surface area contributed by atoms with Gasteiger partial charge in [0.2, 0.25) is 5.91 Å². The summed E-state index contributed by atoms with van der Waals surface area (Å²) in [6, 6.07) is 15.6. The molecule has 30 heavy (non-hydrogen) atoms. The third-order valence-corrected chi connectivity index (χ3v) is 4.99. The van der Waals surface area contributed by atoms with Crippen molar-refractivity contribution in [3.8, 4) is 17.2 Å². The van der Waals surface area contributed by atoms with Crippen LogP contribution in [0.5, 0.6) is 11.5 Å². The number of carbonyl (C=O) groups is 1. The van der Waals surface area contributed by atoms with E-state index in [1.165, 1.54) is 5.56 Å². The first-order valence-electron chi connectivity index (χ1n) is 10.1. The fourth-order valence-corrected chi connectivity index (χ4v) is 3.30. The molecule has 1 aromatic heterocycles. The normalized spacial score (nSPS) is 11.9. The summed E-state index contributed by atoms with van der Waals surface area (Å²) in [5.41, 5.74) is 3.08. The van der Waals surface area contributed by atoms with E-state index in [9.17, 15) is 4.79 Å². The molecule has 0 bridgehead atoms. The minimum absolute atomic E-state index is 0.0934. The van der Waals surface area contributed by atoms with Crippen LogP contribution in [0.2, 0.25) is 0 Å². The molecule has 158 valence electrons. The highest BCUT2D eigenvalue weighted by Gasteiger charge is 2.17. The first kappa shape index (κ1) is 21.4. The van der Waals surface area contributed by atoms with Crippen LogP contribution >= 0.6 is 0 Å². The van der Waals surface area contributed by atoms with Crippen molar-refractivity contribution < 1.29 is 14.3 Å². The smallest absolute Gasteiger partial charge is 0.232 e. The van der Waals surface area contributed by atoms with E-state index in [0.29, 0.717) is 23.2 Å². The molecule has 0 aliphatic rings. The highest BCUT2D eigenvalue weighted by molar-refractivity contribution is 5.94. The zero-order valence-electron chi connectivity index (χ0n) is 18.2. The molecule has 3 aromatic rings. The molecular weight excluding hydrogens is 378 g/mol. The molecule has 0 aliphatic heterocycles. The second-order valence-electron chi connectivity index (χ2n) is 7.74. The summed E-state index contributed by atoms with van der Waals surface area (Å²) in [5, 5.41) is 7.36. The van der Waals surface area contributed by atoms with Crippen LogP contribution in [0, 0.1) is 5.92 Å². The fraction of sp³-hybridized carbons (Fsp3) is 0.333. The summed E-state index contributed by atoms with van der Waals surface area (Å²) in [7, 11) is 3.19. The third-order valence-electron chi connectivity index (χ3n) is 4.99. The van der Waals surface area contributed by atoms with Gasteiger partial charge in [0, 0.05) is 18.3 Å². The van der Waals surface area contributed by atoms with Crippen molar-refractivity contribution >= 4 is 11.7 Å². The first-order valence-corrected chi connectivity index (χ1v) is 10.1. The van der Waals surface area contributed by atoms with Crippen LogP contribution in [0.15, 0.2) is 54.7 Å². The van der Waals surface area contributed by atoms with Crippen molar-refractivity contribution in [3.05, 3.63) is 65.9 Å². The Labute approximate surface area is 177 Å². The van der Waals surface area contributed by atoms with Crippen LogP contribution in [-0.2, 0) is 11.2 Å². The number of hydrogen-bond donors (Lipinski definition) is 1. The highest BCUT2D eigenvalue weighted by Crippen LogP contribution is 2.29. The van der Waals surface area contributed by atoms with Crippen molar-refractivity contribution in [1.82, 2.24) is 9.78 Å². The number of methoxy groups -OCH3 is 2. The minimum Gasteiger partial charge on any atom is -0.493 e. The van der Waals surface area contributed by atoms with Crippen molar-refractivity contribution in [2.75, 3.05) is 19.5 Å². The van der Waals surface area contributed by atoms with Crippen LogP contribution < -0.4 is 14.8 Å². The zero-order valence-corrected chi connectivity index (χ0v) is 18.2. The fourth-order valence-electron chi connectivity index (χ4n) is 3.30. The first-order chi connectivity index (χ1) is 14.4. The molecule has 1 N–H and O–H groups in total. The highest BCUT2D eigenvalue weighted by atomic mass is 16.5. The number of amides is 1. The Hall–Kier alpha value is -3.28. The van der Waals surface area contributed by atoms with E-state index in [0.717, 1.165) is 17.7 Å². The summed E-state index contributed by atoms with van der Waals surface area (Å²) in [6.07, 6.45) is 2.83. The number of nitrogens with zero attached hydrogens (tertiary/aromatic N) is 2. The molecule has 1 unspecified atom stereocenters. The Morgan fingerprint density at radius 1 is 1.00 bits per heavy atom. The molecule has 6 nitrogen and oxygen atoms in total. The van der Waals surface area contributed by atoms with Gasteiger partial charge >= 0.3 is 0 Å². The lowest BCUT2D eigenvalue weighted by Gasteiger charge is -2.13. The summed E-state index contributed by atoms with van der Waals surface area (Å²) >= 11 is 0. The Bertz CT molecular complexity index is 993. The lowest BCUT2D eigenvalue weighted by Crippen LogP contribution is -2.19. The maximum absolute atomic E-state index is 12.7. The number of ether oxygens (including phenoxy) is 2. The van der Waals surface area contributed by atoms with Gasteiger partial charge in [-0.05, 0) is 42.5 Å². The molecule has 6 heteroatoms. The molecule has 1 amide bonds. The lowest BCUT2D eigenvalue weighted by molar-refractivity contribution is -0.117. The molecule has 0 saturated carbocycles. The van der Waals surface area contributed by atoms with Gasteiger partial charge in [-0.25, -0.2) is 4.68 Å². The largest absolute Gasteiger partial charge is 0.493 e. The number of nitrogens with one attached hydrogen (secondary N) is 1. The summed E-state index contributed by atoms with van der Waals surface area (Å²) < 4.78 is 12.3. The van der Waals surface area contributed by atoms with E-state index >= 15 is 0 Å².